The van der Waals surface area contributed by atoms with Crippen LogP contribution in [-0.2, 0) is 19.0 Å². The van der Waals surface area contributed by atoms with Gasteiger partial charge in [-0.3, -0.25) is 0 Å². The Labute approximate surface area is 94.0 Å². The number of hydrogen-bond acceptors (Lipinski definition) is 4. The van der Waals surface area contributed by atoms with Gasteiger partial charge in [-0.05, 0) is 19.8 Å². The maximum Gasteiger partial charge on any atom is 0.333 e. The molecule has 0 saturated heterocycles. The second kappa shape index (κ2) is 6.76. The average molecular weight is 232 g/mol. The SMILES string of the molecule is COC(=O)C(C)=CCCC([SiH3])(OC)OC. The molecule has 0 N–H and O–H groups in total. The van der Waals surface area contributed by atoms with E-state index in [4.69, 9.17) is 9.47 Å². The lowest BCUT2D eigenvalue weighted by molar-refractivity contribution is -0.145. The first-order valence-corrected chi connectivity index (χ1v) is 5.84. The molecule has 0 spiro atoms. The van der Waals surface area contributed by atoms with Gasteiger partial charge in [0.2, 0.25) is 0 Å². The zero-order valence-corrected chi connectivity index (χ0v) is 12.1. The molecule has 15 heavy (non-hydrogen) atoms. The average Bonchev–Trinajstić information content (AvgIpc) is 2.27. The predicted molar refractivity (Wildman–Crippen MR) is 61.7 cm³/mol. The molecule has 0 unspecified atom stereocenters. The summed E-state index contributed by atoms with van der Waals surface area (Å²) < 4.78 is 15.1. The summed E-state index contributed by atoms with van der Waals surface area (Å²) in [5.74, 6) is -0.288. The summed E-state index contributed by atoms with van der Waals surface area (Å²) in [5, 5.41) is 0. The van der Waals surface area contributed by atoms with Crippen LogP contribution in [0.2, 0.25) is 0 Å². The molecule has 0 aliphatic heterocycles. The monoisotopic (exact) mass is 232 g/mol. The van der Waals surface area contributed by atoms with Crippen molar-refractivity contribution in [2.45, 2.75) is 25.2 Å². The normalized spacial score (nSPS) is 12.9. The van der Waals surface area contributed by atoms with Gasteiger partial charge in [-0.25, -0.2) is 4.79 Å². The van der Waals surface area contributed by atoms with E-state index in [1.807, 2.05) is 6.08 Å². The van der Waals surface area contributed by atoms with Crippen LogP contribution in [0.15, 0.2) is 11.6 Å². The summed E-state index contributed by atoms with van der Waals surface area (Å²) in [6.45, 7) is 1.74. The Morgan fingerprint density at radius 1 is 1.33 bits per heavy atom. The van der Waals surface area contributed by atoms with Crippen LogP contribution in [0.25, 0.3) is 0 Å². The topological polar surface area (TPSA) is 44.8 Å². The molecule has 0 fully saturated rings. The van der Waals surface area contributed by atoms with Gasteiger partial charge in [0.15, 0.2) is 0 Å². The molecule has 88 valence electrons. The van der Waals surface area contributed by atoms with E-state index in [0.717, 1.165) is 23.1 Å². The van der Waals surface area contributed by atoms with E-state index in [2.05, 4.69) is 4.74 Å². The van der Waals surface area contributed by atoms with E-state index < -0.39 is 5.41 Å². The van der Waals surface area contributed by atoms with Gasteiger partial charge in [-0.1, -0.05) is 6.08 Å². The van der Waals surface area contributed by atoms with E-state index in [0.29, 0.717) is 5.57 Å². The van der Waals surface area contributed by atoms with Crippen LogP contribution in [0.1, 0.15) is 19.8 Å². The van der Waals surface area contributed by atoms with Crippen molar-refractivity contribution in [3.63, 3.8) is 0 Å². The van der Waals surface area contributed by atoms with Crippen LogP contribution in [-0.4, -0.2) is 43.0 Å². The molecule has 0 aromatic rings. The first-order chi connectivity index (χ1) is 6.99. The highest BCUT2D eigenvalue weighted by Gasteiger charge is 2.20. The Kier molecular flexibility index (Phi) is 6.47. The second-order valence-corrected chi connectivity index (χ2v) is 4.98. The van der Waals surface area contributed by atoms with Gasteiger partial charge in [0.25, 0.3) is 0 Å². The van der Waals surface area contributed by atoms with Crippen LogP contribution in [0, 0.1) is 0 Å². The lowest BCUT2D eigenvalue weighted by atomic mass is 10.2. The Morgan fingerprint density at radius 3 is 2.27 bits per heavy atom. The highest BCUT2D eigenvalue weighted by Crippen LogP contribution is 2.15. The fourth-order valence-corrected chi connectivity index (χ4v) is 1.37. The van der Waals surface area contributed by atoms with Crippen LogP contribution in [0.5, 0.6) is 0 Å². The molecule has 0 heterocycles. The third kappa shape index (κ3) is 5.11. The summed E-state index contributed by atoms with van der Waals surface area (Å²) in [6, 6.07) is 0. The first-order valence-electron chi connectivity index (χ1n) is 4.84. The molecule has 0 bridgehead atoms. The largest absolute Gasteiger partial charge is 0.466 e. The molecule has 0 atom stereocenters. The highest BCUT2D eigenvalue weighted by atomic mass is 28.1. The molecule has 0 aliphatic rings. The zero-order valence-electron chi connectivity index (χ0n) is 10.1. The molecular formula is C10H20O4Si. The fourth-order valence-electron chi connectivity index (χ4n) is 1.08. The molecule has 0 aromatic heterocycles. The molecule has 4 nitrogen and oxygen atoms in total. The standard InChI is InChI=1S/C10H20O4Si/c1-8(9(11)12-2)6-5-7-10(15,13-3)14-4/h6H,5,7H2,1-4,15H3. The third-order valence-corrected chi connectivity index (χ3v) is 3.74. The summed E-state index contributed by atoms with van der Waals surface area (Å²) in [7, 11) is 5.43. The van der Waals surface area contributed by atoms with Gasteiger partial charge in [-0.15, -0.1) is 0 Å². The van der Waals surface area contributed by atoms with Gasteiger partial charge in [0.05, 0.1) is 17.4 Å². The van der Waals surface area contributed by atoms with Crippen molar-refractivity contribution in [2.24, 2.45) is 0 Å². The van der Waals surface area contributed by atoms with Crippen LogP contribution in [0.3, 0.4) is 0 Å². The Bertz CT molecular complexity index is 234. The molecule has 0 amide bonds. The minimum atomic E-state index is -0.451. The lowest BCUT2D eigenvalue weighted by Gasteiger charge is -2.26. The predicted octanol–water partition coefficient (Wildman–Crippen LogP) is 0.198. The number of methoxy groups -OCH3 is 3. The van der Waals surface area contributed by atoms with Gasteiger partial charge < -0.3 is 14.2 Å². The van der Waals surface area contributed by atoms with E-state index in [1.165, 1.54) is 7.11 Å². The van der Waals surface area contributed by atoms with Crippen molar-refractivity contribution in [3.8, 4) is 0 Å². The molecule has 0 rings (SSSR count). The van der Waals surface area contributed by atoms with E-state index in [9.17, 15) is 4.79 Å². The third-order valence-electron chi connectivity index (χ3n) is 2.42. The maximum atomic E-state index is 11.1. The number of carbonyl (C=O) groups is 1. The number of carbonyl (C=O) groups excluding carboxylic acids is 1. The molecule has 5 heteroatoms. The van der Waals surface area contributed by atoms with Crippen molar-refractivity contribution in [1.82, 2.24) is 0 Å². The van der Waals surface area contributed by atoms with Crippen molar-refractivity contribution in [2.75, 3.05) is 21.3 Å². The van der Waals surface area contributed by atoms with Crippen molar-refractivity contribution < 1.29 is 19.0 Å². The summed E-state index contributed by atoms with van der Waals surface area (Å²) in [5.41, 5.74) is 0.168. The number of rotatable bonds is 6. The summed E-state index contributed by atoms with van der Waals surface area (Å²) in [6.07, 6.45) is 3.34. The Balaban J connectivity index is 4.12. The van der Waals surface area contributed by atoms with Gasteiger partial charge in [0, 0.05) is 19.8 Å². The van der Waals surface area contributed by atoms with E-state index in [1.54, 1.807) is 21.1 Å². The second-order valence-electron chi connectivity index (χ2n) is 3.46. The lowest BCUT2D eigenvalue weighted by Crippen LogP contribution is -2.33. The number of esters is 1. The Morgan fingerprint density at radius 2 is 1.87 bits per heavy atom. The molecular weight excluding hydrogens is 212 g/mol. The van der Waals surface area contributed by atoms with Crippen molar-refractivity contribution in [1.29, 1.82) is 0 Å². The fraction of sp³-hybridized carbons (Fsp3) is 0.700. The number of ether oxygens (including phenoxy) is 3. The Hall–Kier alpha value is -0.653. The van der Waals surface area contributed by atoms with Gasteiger partial charge in [0.1, 0.15) is 5.41 Å². The van der Waals surface area contributed by atoms with Crippen molar-refractivity contribution >= 4 is 16.2 Å². The number of allylic oxidation sites excluding steroid dienone is 1. The first kappa shape index (κ1) is 14.3. The van der Waals surface area contributed by atoms with E-state index in [-0.39, 0.29) is 5.97 Å². The van der Waals surface area contributed by atoms with Crippen LogP contribution < -0.4 is 0 Å². The molecule has 0 radical (unpaired) electrons. The van der Waals surface area contributed by atoms with Gasteiger partial charge >= 0.3 is 5.97 Å². The van der Waals surface area contributed by atoms with Crippen LogP contribution >= 0.6 is 0 Å². The van der Waals surface area contributed by atoms with Crippen LogP contribution in [0.4, 0.5) is 0 Å². The molecule has 0 aromatic carbocycles. The number of hydrogen-bond donors (Lipinski definition) is 0. The van der Waals surface area contributed by atoms with Gasteiger partial charge in [-0.2, -0.15) is 0 Å². The maximum absolute atomic E-state index is 11.1. The smallest absolute Gasteiger partial charge is 0.333 e. The quantitative estimate of drug-likeness (QED) is 0.284. The minimum Gasteiger partial charge on any atom is -0.466 e. The molecule has 0 aliphatic carbocycles. The summed E-state index contributed by atoms with van der Waals surface area (Å²) in [4.78, 5) is 11.1. The zero-order chi connectivity index (χ0) is 11.9. The summed E-state index contributed by atoms with van der Waals surface area (Å²) >= 11 is 0. The minimum absolute atomic E-state index is 0.288. The van der Waals surface area contributed by atoms with E-state index >= 15 is 0 Å². The highest BCUT2D eigenvalue weighted by molar-refractivity contribution is 6.13. The van der Waals surface area contributed by atoms with Crippen molar-refractivity contribution in [3.05, 3.63) is 11.6 Å². The molecule has 0 saturated carbocycles.